The molecule has 1 amide bonds. The molecule has 2 aliphatic heterocycles. The maximum atomic E-state index is 13.0. The lowest BCUT2D eigenvalue weighted by Gasteiger charge is -2.33. The Labute approximate surface area is 159 Å². The number of phenolic OH excluding ortho intramolecular Hbond substituents is 1. The van der Waals surface area contributed by atoms with Crippen LogP contribution in [0.15, 0.2) is 18.2 Å². The smallest absolute Gasteiger partial charge is 0.254 e. The normalized spacial score (nSPS) is 31.1. The molecule has 0 spiro atoms. The molecule has 0 saturated carbocycles. The number of ether oxygens (including phenoxy) is 3. The zero-order chi connectivity index (χ0) is 20.0. The van der Waals surface area contributed by atoms with E-state index in [1.807, 2.05) is 13.0 Å². The van der Waals surface area contributed by atoms with Gasteiger partial charge in [0.25, 0.3) is 5.91 Å². The van der Waals surface area contributed by atoms with Crippen molar-refractivity contribution in [1.29, 1.82) is 0 Å². The molecule has 2 fully saturated rings. The van der Waals surface area contributed by atoms with Gasteiger partial charge in [0.05, 0.1) is 19.8 Å². The van der Waals surface area contributed by atoms with Crippen LogP contribution in [0.5, 0.6) is 11.5 Å². The van der Waals surface area contributed by atoms with Crippen LogP contribution >= 0.6 is 0 Å². The topological polar surface area (TPSA) is 88.5 Å². The number of methoxy groups -OCH3 is 1. The van der Waals surface area contributed by atoms with E-state index in [2.05, 4.69) is 0 Å². The van der Waals surface area contributed by atoms with E-state index in [4.69, 9.17) is 14.2 Å². The molecule has 150 valence electrons. The SMILES string of the molecule is COc1ccc([C@H]2CN(C(=O)[C@@H]3COC(C)(C)O3)C[C@@]2(C)[C@@H](C)O)cc1O. The Morgan fingerprint density at radius 1 is 1.37 bits per heavy atom. The molecule has 2 heterocycles. The van der Waals surface area contributed by atoms with Crippen molar-refractivity contribution in [1.82, 2.24) is 4.90 Å². The summed E-state index contributed by atoms with van der Waals surface area (Å²) in [5.74, 6) is -0.597. The maximum absolute atomic E-state index is 13.0. The predicted octanol–water partition coefficient (Wildman–Crippen LogP) is 1.87. The van der Waals surface area contributed by atoms with Gasteiger partial charge in [0, 0.05) is 24.4 Å². The third-order valence-electron chi connectivity index (χ3n) is 5.89. The minimum absolute atomic E-state index is 0.0435. The van der Waals surface area contributed by atoms with Crippen molar-refractivity contribution in [3.8, 4) is 11.5 Å². The highest BCUT2D eigenvalue weighted by Gasteiger charge is 2.50. The van der Waals surface area contributed by atoms with Crippen LogP contribution in [0.3, 0.4) is 0 Å². The van der Waals surface area contributed by atoms with Gasteiger partial charge in [0.2, 0.25) is 0 Å². The zero-order valence-electron chi connectivity index (χ0n) is 16.6. The molecule has 27 heavy (non-hydrogen) atoms. The molecular formula is C20H29NO6. The Morgan fingerprint density at radius 3 is 2.59 bits per heavy atom. The van der Waals surface area contributed by atoms with Gasteiger partial charge in [-0.1, -0.05) is 13.0 Å². The molecule has 0 aromatic heterocycles. The lowest BCUT2D eigenvalue weighted by Crippen LogP contribution is -2.42. The summed E-state index contributed by atoms with van der Waals surface area (Å²) >= 11 is 0. The number of carbonyl (C=O) groups is 1. The Hall–Kier alpha value is -1.83. The Bertz CT molecular complexity index is 718. The second-order valence-corrected chi connectivity index (χ2v) is 8.20. The molecule has 0 aliphatic carbocycles. The minimum atomic E-state index is -0.769. The second-order valence-electron chi connectivity index (χ2n) is 8.20. The van der Waals surface area contributed by atoms with Crippen LogP contribution in [-0.2, 0) is 14.3 Å². The summed E-state index contributed by atoms with van der Waals surface area (Å²) in [4.78, 5) is 14.7. The van der Waals surface area contributed by atoms with E-state index in [0.717, 1.165) is 5.56 Å². The third kappa shape index (κ3) is 3.63. The first-order valence-corrected chi connectivity index (χ1v) is 9.23. The van der Waals surface area contributed by atoms with Crippen LogP contribution in [0, 0.1) is 5.41 Å². The van der Waals surface area contributed by atoms with Crippen molar-refractivity contribution in [3.05, 3.63) is 23.8 Å². The van der Waals surface area contributed by atoms with Gasteiger partial charge in [-0.2, -0.15) is 0 Å². The average Bonchev–Trinajstić information content (AvgIpc) is 3.15. The number of hydrogen-bond acceptors (Lipinski definition) is 6. The molecule has 0 bridgehead atoms. The minimum Gasteiger partial charge on any atom is -0.504 e. The number of carbonyl (C=O) groups excluding carboxylic acids is 1. The predicted molar refractivity (Wildman–Crippen MR) is 98.7 cm³/mol. The van der Waals surface area contributed by atoms with Gasteiger partial charge < -0.3 is 29.3 Å². The van der Waals surface area contributed by atoms with E-state index in [1.54, 1.807) is 37.8 Å². The van der Waals surface area contributed by atoms with Gasteiger partial charge in [-0.3, -0.25) is 4.79 Å². The number of likely N-dealkylation sites (tertiary alicyclic amines) is 1. The first kappa shape index (κ1) is 19.9. The molecular weight excluding hydrogens is 350 g/mol. The van der Waals surface area contributed by atoms with Gasteiger partial charge in [-0.15, -0.1) is 0 Å². The summed E-state index contributed by atoms with van der Waals surface area (Å²) in [6, 6.07) is 5.22. The molecule has 2 saturated heterocycles. The third-order valence-corrected chi connectivity index (χ3v) is 5.89. The summed E-state index contributed by atoms with van der Waals surface area (Å²) in [6.07, 6.45) is -1.27. The number of phenols is 1. The molecule has 0 radical (unpaired) electrons. The van der Waals surface area contributed by atoms with Crippen LogP contribution in [0.2, 0.25) is 0 Å². The highest BCUT2D eigenvalue weighted by atomic mass is 16.7. The highest BCUT2D eigenvalue weighted by Crippen LogP contribution is 2.47. The van der Waals surface area contributed by atoms with Gasteiger partial charge >= 0.3 is 0 Å². The van der Waals surface area contributed by atoms with E-state index >= 15 is 0 Å². The number of amides is 1. The quantitative estimate of drug-likeness (QED) is 0.830. The summed E-state index contributed by atoms with van der Waals surface area (Å²) in [6.45, 7) is 8.34. The van der Waals surface area contributed by atoms with Gasteiger partial charge in [-0.25, -0.2) is 0 Å². The van der Waals surface area contributed by atoms with Crippen molar-refractivity contribution < 1.29 is 29.2 Å². The lowest BCUT2D eigenvalue weighted by atomic mass is 9.72. The number of aliphatic hydroxyl groups is 1. The fraction of sp³-hybridized carbons (Fsp3) is 0.650. The largest absolute Gasteiger partial charge is 0.504 e. The lowest BCUT2D eigenvalue weighted by molar-refractivity contribution is -0.159. The van der Waals surface area contributed by atoms with Gasteiger partial charge in [0.1, 0.15) is 0 Å². The number of aromatic hydroxyl groups is 1. The number of aliphatic hydroxyl groups excluding tert-OH is 1. The van der Waals surface area contributed by atoms with Crippen molar-refractivity contribution in [2.24, 2.45) is 5.41 Å². The first-order chi connectivity index (χ1) is 12.6. The van der Waals surface area contributed by atoms with Crippen molar-refractivity contribution in [2.45, 2.75) is 51.6 Å². The van der Waals surface area contributed by atoms with Crippen LogP contribution in [0.25, 0.3) is 0 Å². The van der Waals surface area contributed by atoms with Crippen LogP contribution < -0.4 is 4.74 Å². The van der Waals surface area contributed by atoms with Crippen LogP contribution in [-0.4, -0.2) is 65.8 Å². The molecule has 2 N–H and O–H groups in total. The second kappa shape index (κ2) is 6.96. The number of hydrogen-bond donors (Lipinski definition) is 2. The monoisotopic (exact) mass is 379 g/mol. The van der Waals surface area contributed by atoms with E-state index < -0.39 is 23.4 Å². The van der Waals surface area contributed by atoms with E-state index in [9.17, 15) is 15.0 Å². The molecule has 1 aromatic rings. The number of benzene rings is 1. The van der Waals surface area contributed by atoms with Crippen molar-refractivity contribution in [2.75, 3.05) is 26.8 Å². The summed E-state index contributed by atoms with van der Waals surface area (Å²) < 4.78 is 16.3. The maximum Gasteiger partial charge on any atom is 0.254 e. The Balaban J connectivity index is 1.85. The molecule has 1 aromatic carbocycles. The first-order valence-electron chi connectivity index (χ1n) is 9.23. The molecule has 7 heteroatoms. The Morgan fingerprint density at radius 2 is 2.07 bits per heavy atom. The fourth-order valence-electron chi connectivity index (χ4n) is 4.03. The summed E-state index contributed by atoms with van der Waals surface area (Å²) in [5, 5.41) is 20.6. The summed E-state index contributed by atoms with van der Waals surface area (Å²) in [7, 11) is 1.50. The van der Waals surface area contributed by atoms with E-state index in [1.165, 1.54) is 7.11 Å². The Kier molecular flexibility index (Phi) is 5.14. The molecule has 4 atom stereocenters. The van der Waals surface area contributed by atoms with Gasteiger partial charge in [-0.05, 0) is 38.5 Å². The van der Waals surface area contributed by atoms with Crippen LogP contribution in [0.4, 0.5) is 0 Å². The average molecular weight is 379 g/mol. The standard InChI is InChI=1S/C20H29NO6/c1-12(22)20(4)11-21(18(24)17-10-26-19(2,3)27-17)9-14(20)13-6-7-16(25-5)15(23)8-13/h6-8,12,14,17,22-23H,9-11H2,1-5H3/t12-,14-,17+,20+/m1/s1. The highest BCUT2D eigenvalue weighted by molar-refractivity contribution is 5.82. The van der Waals surface area contributed by atoms with E-state index in [-0.39, 0.29) is 24.2 Å². The molecule has 2 aliphatic rings. The van der Waals surface area contributed by atoms with Gasteiger partial charge in [0.15, 0.2) is 23.4 Å². The fourth-order valence-corrected chi connectivity index (χ4v) is 4.03. The van der Waals surface area contributed by atoms with Crippen molar-refractivity contribution in [3.63, 3.8) is 0 Å². The van der Waals surface area contributed by atoms with E-state index in [0.29, 0.717) is 18.8 Å². The van der Waals surface area contributed by atoms with Crippen molar-refractivity contribution >= 4 is 5.91 Å². The molecule has 7 nitrogen and oxygen atoms in total. The zero-order valence-corrected chi connectivity index (χ0v) is 16.6. The number of nitrogens with zero attached hydrogens (tertiary/aromatic N) is 1. The summed E-state index contributed by atoms with van der Waals surface area (Å²) in [5.41, 5.74) is 0.307. The molecule has 0 unspecified atom stereocenters. The molecule has 3 rings (SSSR count). The van der Waals surface area contributed by atoms with Crippen LogP contribution in [0.1, 0.15) is 39.2 Å². The number of rotatable bonds is 4.